The number of aryl methyl sites for hydroxylation is 1. The van der Waals surface area contributed by atoms with Crippen LogP contribution in [-0.2, 0) is 0 Å². The summed E-state index contributed by atoms with van der Waals surface area (Å²) in [6.07, 6.45) is 4.11. The molecule has 1 saturated heterocycles. The van der Waals surface area contributed by atoms with Gasteiger partial charge in [-0.15, -0.1) is 0 Å². The van der Waals surface area contributed by atoms with Gasteiger partial charge in [0.05, 0.1) is 0 Å². The van der Waals surface area contributed by atoms with E-state index in [9.17, 15) is 0 Å². The van der Waals surface area contributed by atoms with Gasteiger partial charge in [0.25, 0.3) is 0 Å². The fourth-order valence-electron chi connectivity index (χ4n) is 3.45. The molecule has 3 rings (SSSR count). The molecular formula is C16H23ClN2. The van der Waals surface area contributed by atoms with Gasteiger partial charge in [-0.2, -0.15) is 0 Å². The van der Waals surface area contributed by atoms with Gasteiger partial charge in [0.15, 0.2) is 0 Å². The average molecular weight is 279 g/mol. The van der Waals surface area contributed by atoms with Crippen LogP contribution in [0.15, 0.2) is 18.2 Å². The molecule has 104 valence electrons. The molecule has 0 spiro atoms. The molecule has 1 aliphatic carbocycles. The predicted molar refractivity (Wildman–Crippen MR) is 80.7 cm³/mol. The molecule has 1 heterocycles. The van der Waals surface area contributed by atoms with Crippen LogP contribution in [0.4, 0.5) is 0 Å². The molecule has 0 amide bonds. The summed E-state index contributed by atoms with van der Waals surface area (Å²) in [7, 11) is 0. The highest BCUT2D eigenvalue weighted by Gasteiger charge is 2.35. The molecule has 2 aliphatic rings. The Morgan fingerprint density at radius 1 is 1.26 bits per heavy atom. The molecular weight excluding hydrogens is 256 g/mol. The van der Waals surface area contributed by atoms with Crippen molar-refractivity contribution >= 4 is 11.6 Å². The van der Waals surface area contributed by atoms with E-state index in [-0.39, 0.29) is 0 Å². The first-order valence-corrected chi connectivity index (χ1v) is 7.85. The van der Waals surface area contributed by atoms with E-state index >= 15 is 0 Å². The lowest BCUT2D eigenvalue weighted by Gasteiger charge is -2.44. The SMILES string of the molecule is Cc1cccc(Cl)c1[C@H](C1CCC1)N1CCNCC1. The fraction of sp³-hybridized carbons (Fsp3) is 0.625. The minimum atomic E-state index is 0.532. The molecule has 1 aromatic rings. The third kappa shape index (κ3) is 2.67. The average Bonchev–Trinajstić information content (AvgIpc) is 2.36. The van der Waals surface area contributed by atoms with E-state index in [1.807, 2.05) is 0 Å². The van der Waals surface area contributed by atoms with Gasteiger partial charge in [-0.3, -0.25) is 4.90 Å². The first-order chi connectivity index (χ1) is 9.27. The predicted octanol–water partition coefficient (Wildman–Crippen LogP) is 3.39. The smallest absolute Gasteiger partial charge is 0.0456 e. The third-order valence-corrected chi connectivity index (χ3v) is 5.04. The standard InChI is InChI=1S/C16H23ClN2/c1-12-4-2-7-14(17)15(12)16(13-5-3-6-13)19-10-8-18-9-11-19/h2,4,7,13,16,18H,3,5-6,8-11H2,1H3/t16-/m0/s1. The van der Waals surface area contributed by atoms with E-state index in [0.29, 0.717) is 6.04 Å². The Morgan fingerprint density at radius 2 is 2.00 bits per heavy atom. The largest absolute Gasteiger partial charge is 0.314 e. The lowest BCUT2D eigenvalue weighted by Crippen LogP contribution is -2.48. The Hall–Kier alpha value is -0.570. The monoisotopic (exact) mass is 278 g/mol. The van der Waals surface area contributed by atoms with Crippen LogP contribution in [0.3, 0.4) is 0 Å². The topological polar surface area (TPSA) is 15.3 Å². The minimum Gasteiger partial charge on any atom is -0.314 e. The maximum absolute atomic E-state index is 6.53. The molecule has 0 unspecified atom stereocenters. The van der Waals surface area contributed by atoms with Crippen molar-refractivity contribution < 1.29 is 0 Å². The molecule has 0 radical (unpaired) electrons. The van der Waals surface area contributed by atoms with Crippen LogP contribution in [-0.4, -0.2) is 31.1 Å². The third-order valence-electron chi connectivity index (χ3n) is 4.71. The minimum absolute atomic E-state index is 0.532. The number of rotatable bonds is 3. The van der Waals surface area contributed by atoms with E-state index < -0.39 is 0 Å². The second kappa shape index (κ2) is 5.82. The summed E-state index contributed by atoms with van der Waals surface area (Å²) < 4.78 is 0. The molecule has 1 aromatic carbocycles. The van der Waals surface area contributed by atoms with Crippen LogP contribution in [0, 0.1) is 12.8 Å². The Labute approximate surface area is 121 Å². The maximum Gasteiger partial charge on any atom is 0.0456 e. The normalized spacial score (nSPS) is 23.1. The molecule has 0 bridgehead atoms. The molecule has 1 saturated carbocycles. The first kappa shape index (κ1) is 13.4. The summed E-state index contributed by atoms with van der Waals surface area (Å²) in [5.74, 6) is 0.802. The fourth-order valence-corrected chi connectivity index (χ4v) is 3.79. The second-order valence-electron chi connectivity index (χ2n) is 5.89. The molecule has 19 heavy (non-hydrogen) atoms. The first-order valence-electron chi connectivity index (χ1n) is 7.47. The van der Waals surface area contributed by atoms with Crippen molar-refractivity contribution in [2.75, 3.05) is 26.2 Å². The molecule has 1 atom stereocenters. The Balaban J connectivity index is 1.93. The zero-order valence-corrected chi connectivity index (χ0v) is 12.4. The number of benzene rings is 1. The number of hydrogen-bond donors (Lipinski definition) is 1. The van der Waals surface area contributed by atoms with Crippen LogP contribution < -0.4 is 5.32 Å². The maximum atomic E-state index is 6.53. The summed E-state index contributed by atoms with van der Waals surface area (Å²) in [5, 5.41) is 4.40. The zero-order chi connectivity index (χ0) is 13.2. The number of hydrogen-bond acceptors (Lipinski definition) is 2. The van der Waals surface area contributed by atoms with Crippen LogP contribution in [0.2, 0.25) is 5.02 Å². The van der Waals surface area contributed by atoms with Crippen LogP contribution >= 0.6 is 11.6 Å². The Bertz CT molecular complexity index is 416. The second-order valence-corrected chi connectivity index (χ2v) is 6.30. The van der Waals surface area contributed by atoms with E-state index in [1.54, 1.807) is 0 Å². The molecule has 2 fully saturated rings. The van der Waals surface area contributed by atoms with Gasteiger partial charge in [-0.25, -0.2) is 0 Å². The lowest BCUT2D eigenvalue weighted by atomic mass is 9.75. The van der Waals surface area contributed by atoms with E-state index in [4.69, 9.17) is 11.6 Å². The van der Waals surface area contributed by atoms with Crippen LogP contribution in [0.1, 0.15) is 36.4 Å². The highest BCUT2D eigenvalue weighted by atomic mass is 35.5. The van der Waals surface area contributed by atoms with Crippen LogP contribution in [0.25, 0.3) is 0 Å². The summed E-state index contributed by atoms with van der Waals surface area (Å²) in [4.78, 5) is 2.65. The number of halogens is 1. The van der Waals surface area contributed by atoms with E-state index in [1.165, 1.54) is 30.4 Å². The van der Waals surface area contributed by atoms with E-state index in [0.717, 1.165) is 37.1 Å². The summed E-state index contributed by atoms with van der Waals surface area (Å²) in [5.41, 5.74) is 2.73. The lowest BCUT2D eigenvalue weighted by molar-refractivity contribution is 0.0833. The van der Waals surface area contributed by atoms with Gasteiger partial charge in [0, 0.05) is 37.2 Å². The highest BCUT2D eigenvalue weighted by molar-refractivity contribution is 6.31. The zero-order valence-electron chi connectivity index (χ0n) is 11.7. The van der Waals surface area contributed by atoms with Crippen molar-refractivity contribution in [2.24, 2.45) is 5.92 Å². The van der Waals surface area contributed by atoms with Gasteiger partial charge in [0.1, 0.15) is 0 Å². The highest BCUT2D eigenvalue weighted by Crippen LogP contribution is 2.44. The summed E-state index contributed by atoms with van der Waals surface area (Å²) >= 11 is 6.53. The molecule has 1 N–H and O–H groups in total. The van der Waals surface area contributed by atoms with Gasteiger partial charge in [0.2, 0.25) is 0 Å². The van der Waals surface area contributed by atoms with Crippen molar-refractivity contribution in [3.05, 3.63) is 34.3 Å². The van der Waals surface area contributed by atoms with Crippen molar-refractivity contribution in [3.8, 4) is 0 Å². The van der Waals surface area contributed by atoms with Gasteiger partial charge in [-0.05, 0) is 42.9 Å². The molecule has 1 aliphatic heterocycles. The summed E-state index contributed by atoms with van der Waals surface area (Å²) in [6.45, 7) is 6.70. The van der Waals surface area contributed by atoms with Crippen molar-refractivity contribution in [1.82, 2.24) is 10.2 Å². The van der Waals surface area contributed by atoms with Gasteiger partial charge in [-0.1, -0.05) is 30.2 Å². The Kier molecular flexibility index (Phi) is 4.11. The number of piperazine rings is 1. The summed E-state index contributed by atoms with van der Waals surface area (Å²) in [6, 6.07) is 6.85. The van der Waals surface area contributed by atoms with Gasteiger partial charge >= 0.3 is 0 Å². The quantitative estimate of drug-likeness (QED) is 0.912. The van der Waals surface area contributed by atoms with Crippen molar-refractivity contribution in [2.45, 2.75) is 32.2 Å². The number of nitrogens with zero attached hydrogens (tertiary/aromatic N) is 1. The van der Waals surface area contributed by atoms with E-state index in [2.05, 4.69) is 35.3 Å². The molecule has 0 aromatic heterocycles. The molecule has 2 nitrogen and oxygen atoms in total. The number of nitrogens with one attached hydrogen (secondary N) is 1. The van der Waals surface area contributed by atoms with Crippen molar-refractivity contribution in [1.29, 1.82) is 0 Å². The Morgan fingerprint density at radius 3 is 2.58 bits per heavy atom. The molecule has 3 heteroatoms. The van der Waals surface area contributed by atoms with Crippen LogP contribution in [0.5, 0.6) is 0 Å². The van der Waals surface area contributed by atoms with Gasteiger partial charge < -0.3 is 5.32 Å². The van der Waals surface area contributed by atoms with Crippen molar-refractivity contribution in [3.63, 3.8) is 0 Å².